The normalized spacial score (nSPS) is 12.7. The van der Waals surface area contributed by atoms with Gasteiger partial charge in [0.05, 0.1) is 0 Å². The van der Waals surface area contributed by atoms with Crippen LogP contribution in [0, 0.1) is 12.3 Å². The Morgan fingerprint density at radius 1 is 0.545 bits per heavy atom. The molecule has 1 atom stereocenters. The Balaban J connectivity index is 3.53. The molecular formula is C22H45. The third-order valence-corrected chi connectivity index (χ3v) is 4.97. The topological polar surface area (TPSA) is 0 Å². The lowest BCUT2D eigenvalue weighted by Gasteiger charge is -2.16. The molecule has 0 aliphatic heterocycles. The molecule has 0 saturated heterocycles. The van der Waals surface area contributed by atoms with Crippen LogP contribution in [0.2, 0.25) is 0 Å². The molecule has 0 aromatic heterocycles. The van der Waals surface area contributed by atoms with E-state index in [4.69, 9.17) is 0 Å². The summed E-state index contributed by atoms with van der Waals surface area (Å²) in [5.74, 6) is 0.988. The van der Waals surface area contributed by atoms with Crippen molar-refractivity contribution >= 4 is 0 Å². The zero-order chi connectivity index (χ0) is 16.3. The highest BCUT2D eigenvalue weighted by Crippen LogP contribution is 2.23. The molecule has 0 aliphatic rings. The second-order valence-electron chi connectivity index (χ2n) is 7.27. The molecule has 0 fully saturated rings. The lowest BCUT2D eigenvalue weighted by Crippen LogP contribution is -2.01. The van der Waals surface area contributed by atoms with E-state index in [1.54, 1.807) is 0 Å². The SMILES string of the molecule is CC[CH]CC(CCCCCCC)CCCCCCCCCC. The fourth-order valence-corrected chi connectivity index (χ4v) is 3.39. The van der Waals surface area contributed by atoms with Crippen molar-refractivity contribution in [3.8, 4) is 0 Å². The van der Waals surface area contributed by atoms with Gasteiger partial charge in [-0.3, -0.25) is 0 Å². The number of hydrogen-bond acceptors (Lipinski definition) is 0. The van der Waals surface area contributed by atoms with Crippen LogP contribution in [0.3, 0.4) is 0 Å². The van der Waals surface area contributed by atoms with E-state index in [9.17, 15) is 0 Å². The van der Waals surface area contributed by atoms with Crippen LogP contribution in [0.4, 0.5) is 0 Å². The maximum Gasteiger partial charge on any atom is -0.0386 e. The second kappa shape index (κ2) is 19.0. The molecule has 1 radical (unpaired) electrons. The van der Waals surface area contributed by atoms with Gasteiger partial charge in [0.1, 0.15) is 0 Å². The molecule has 0 aromatic carbocycles. The van der Waals surface area contributed by atoms with Crippen molar-refractivity contribution < 1.29 is 0 Å². The zero-order valence-corrected chi connectivity index (χ0v) is 16.2. The molecule has 0 aromatic rings. The van der Waals surface area contributed by atoms with Gasteiger partial charge in [-0.15, -0.1) is 0 Å². The summed E-state index contributed by atoms with van der Waals surface area (Å²) >= 11 is 0. The molecule has 0 bridgehead atoms. The third-order valence-electron chi connectivity index (χ3n) is 4.97. The Morgan fingerprint density at radius 2 is 0.955 bits per heavy atom. The van der Waals surface area contributed by atoms with E-state index in [0.29, 0.717) is 0 Å². The summed E-state index contributed by atoms with van der Waals surface area (Å²) in [6.07, 6.45) is 27.0. The average molecular weight is 310 g/mol. The van der Waals surface area contributed by atoms with Gasteiger partial charge in [-0.1, -0.05) is 124 Å². The number of unbranched alkanes of at least 4 members (excludes halogenated alkanes) is 12. The van der Waals surface area contributed by atoms with E-state index in [1.807, 2.05) is 0 Å². The molecular weight excluding hydrogens is 264 g/mol. The summed E-state index contributed by atoms with van der Waals surface area (Å²) in [6.45, 7) is 6.89. The standard InChI is InChI=1S/C22H45/c1-4-7-10-12-13-14-16-18-21-22(19-9-6-3)20-17-15-11-8-5-2/h9,22H,4-8,10-21H2,1-3H3. The fourth-order valence-electron chi connectivity index (χ4n) is 3.39. The van der Waals surface area contributed by atoms with Crippen molar-refractivity contribution in [2.75, 3.05) is 0 Å². The van der Waals surface area contributed by atoms with Crippen molar-refractivity contribution in [3.63, 3.8) is 0 Å². The van der Waals surface area contributed by atoms with Gasteiger partial charge >= 0.3 is 0 Å². The van der Waals surface area contributed by atoms with Crippen LogP contribution in [0.1, 0.15) is 130 Å². The average Bonchev–Trinajstić information content (AvgIpc) is 2.54. The van der Waals surface area contributed by atoms with Gasteiger partial charge in [0.15, 0.2) is 0 Å². The molecule has 0 heterocycles. The minimum Gasteiger partial charge on any atom is -0.0654 e. The summed E-state index contributed by atoms with van der Waals surface area (Å²) in [4.78, 5) is 0. The molecule has 22 heavy (non-hydrogen) atoms. The quantitative estimate of drug-likeness (QED) is 0.223. The van der Waals surface area contributed by atoms with Crippen LogP contribution in [0.25, 0.3) is 0 Å². The molecule has 0 N–H and O–H groups in total. The predicted octanol–water partition coefficient (Wildman–Crippen LogP) is 8.50. The highest BCUT2D eigenvalue weighted by molar-refractivity contribution is 4.70. The molecule has 0 amide bonds. The van der Waals surface area contributed by atoms with Crippen LogP contribution in [0.15, 0.2) is 0 Å². The van der Waals surface area contributed by atoms with Crippen molar-refractivity contribution in [2.24, 2.45) is 5.92 Å². The van der Waals surface area contributed by atoms with E-state index in [-0.39, 0.29) is 0 Å². The van der Waals surface area contributed by atoms with E-state index in [1.165, 1.54) is 109 Å². The van der Waals surface area contributed by atoms with E-state index in [0.717, 1.165) is 5.92 Å². The van der Waals surface area contributed by atoms with Crippen LogP contribution >= 0.6 is 0 Å². The van der Waals surface area contributed by atoms with E-state index in [2.05, 4.69) is 27.2 Å². The van der Waals surface area contributed by atoms with Gasteiger partial charge < -0.3 is 0 Å². The molecule has 1 unspecified atom stereocenters. The van der Waals surface area contributed by atoms with Gasteiger partial charge in [-0.2, -0.15) is 0 Å². The van der Waals surface area contributed by atoms with Crippen molar-refractivity contribution in [1.29, 1.82) is 0 Å². The van der Waals surface area contributed by atoms with E-state index < -0.39 is 0 Å². The summed E-state index contributed by atoms with van der Waals surface area (Å²) in [5, 5.41) is 0. The highest BCUT2D eigenvalue weighted by Gasteiger charge is 2.08. The maximum atomic E-state index is 2.52. The second-order valence-corrected chi connectivity index (χ2v) is 7.27. The fraction of sp³-hybridized carbons (Fsp3) is 0.955. The largest absolute Gasteiger partial charge is 0.0654 e. The molecule has 0 aliphatic carbocycles. The first-order valence-electron chi connectivity index (χ1n) is 10.7. The first-order chi connectivity index (χ1) is 10.8. The van der Waals surface area contributed by atoms with Gasteiger partial charge in [-0.05, 0) is 18.8 Å². The summed E-state index contributed by atoms with van der Waals surface area (Å²) in [6, 6.07) is 0. The van der Waals surface area contributed by atoms with Gasteiger partial charge in [0.25, 0.3) is 0 Å². The predicted molar refractivity (Wildman–Crippen MR) is 103 cm³/mol. The lowest BCUT2D eigenvalue weighted by atomic mass is 9.90. The minimum absolute atomic E-state index is 0.988. The van der Waals surface area contributed by atoms with E-state index >= 15 is 0 Å². The number of rotatable bonds is 18. The van der Waals surface area contributed by atoms with Crippen molar-refractivity contribution in [3.05, 3.63) is 6.42 Å². The minimum atomic E-state index is 0.988. The Bertz CT molecular complexity index is 184. The first kappa shape index (κ1) is 22.0. The number of hydrogen-bond donors (Lipinski definition) is 0. The smallest absolute Gasteiger partial charge is 0.0386 e. The molecule has 0 spiro atoms. The molecule has 133 valence electrons. The lowest BCUT2D eigenvalue weighted by molar-refractivity contribution is 0.396. The summed E-state index contributed by atoms with van der Waals surface area (Å²) in [5.41, 5.74) is 0. The Kier molecular flexibility index (Phi) is 19.0. The molecule has 0 heteroatoms. The van der Waals surface area contributed by atoms with Gasteiger partial charge in [0, 0.05) is 0 Å². The third kappa shape index (κ3) is 16.4. The molecule has 0 nitrogen and oxygen atoms in total. The maximum absolute atomic E-state index is 2.52. The summed E-state index contributed by atoms with van der Waals surface area (Å²) in [7, 11) is 0. The highest BCUT2D eigenvalue weighted by atomic mass is 14.1. The van der Waals surface area contributed by atoms with Gasteiger partial charge in [-0.25, -0.2) is 0 Å². The molecule has 0 rings (SSSR count). The van der Waals surface area contributed by atoms with Crippen LogP contribution in [-0.4, -0.2) is 0 Å². The summed E-state index contributed by atoms with van der Waals surface area (Å²) < 4.78 is 0. The molecule has 0 saturated carbocycles. The van der Waals surface area contributed by atoms with Crippen molar-refractivity contribution in [1.82, 2.24) is 0 Å². The van der Waals surface area contributed by atoms with Crippen molar-refractivity contribution in [2.45, 2.75) is 130 Å². The Labute approximate surface area is 142 Å². The van der Waals surface area contributed by atoms with Gasteiger partial charge in [0.2, 0.25) is 0 Å². The van der Waals surface area contributed by atoms with Crippen LogP contribution < -0.4 is 0 Å². The Hall–Kier alpha value is 0. The first-order valence-corrected chi connectivity index (χ1v) is 10.7. The van der Waals surface area contributed by atoms with Crippen LogP contribution in [0.5, 0.6) is 0 Å². The zero-order valence-electron chi connectivity index (χ0n) is 16.2. The Morgan fingerprint density at radius 3 is 1.36 bits per heavy atom. The monoisotopic (exact) mass is 309 g/mol. The van der Waals surface area contributed by atoms with Crippen LogP contribution in [-0.2, 0) is 0 Å².